The number of carbonyl (C=O) groups excluding carboxylic acids is 2. The van der Waals surface area contributed by atoms with E-state index < -0.39 is 18.0 Å². The van der Waals surface area contributed by atoms with Crippen molar-refractivity contribution in [2.24, 2.45) is 11.7 Å². The van der Waals surface area contributed by atoms with Gasteiger partial charge in [0.2, 0.25) is 11.9 Å². The average molecular weight is 560 g/mol. The molecule has 1 unspecified atom stereocenters. The second-order valence-electron chi connectivity index (χ2n) is 10.4. The Hall–Kier alpha value is -4.48. The van der Waals surface area contributed by atoms with Crippen LogP contribution in [0.25, 0.3) is 33.3 Å². The first-order valence-corrected chi connectivity index (χ1v) is 13.2. The highest BCUT2D eigenvalue weighted by Crippen LogP contribution is 2.33. The third-order valence-corrected chi connectivity index (χ3v) is 6.20. The zero-order valence-corrected chi connectivity index (χ0v) is 23.5. The van der Waals surface area contributed by atoms with E-state index in [9.17, 15) is 14.0 Å². The number of esters is 1. The van der Waals surface area contributed by atoms with E-state index in [0.717, 1.165) is 11.1 Å². The van der Waals surface area contributed by atoms with E-state index in [-0.39, 0.29) is 18.6 Å². The molecule has 0 saturated carbocycles. The summed E-state index contributed by atoms with van der Waals surface area (Å²) < 4.78 is 21.2. The minimum Gasteiger partial charge on any atom is -0.443 e. The topological polar surface area (TPSA) is 128 Å². The molecule has 1 amide bonds. The Kier molecular flexibility index (Phi) is 9.53. The molecule has 41 heavy (non-hydrogen) atoms. The van der Waals surface area contributed by atoms with Gasteiger partial charge in [-0.1, -0.05) is 19.9 Å². The number of anilines is 1. The summed E-state index contributed by atoms with van der Waals surface area (Å²) in [5.74, 6) is -1.14. The van der Waals surface area contributed by atoms with Crippen molar-refractivity contribution in [1.29, 1.82) is 0 Å². The smallest absolute Gasteiger partial charge is 0.324 e. The van der Waals surface area contributed by atoms with Gasteiger partial charge >= 0.3 is 5.97 Å². The van der Waals surface area contributed by atoms with Crippen LogP contribution in [-0.2, 0) is 21.1 Å². The van der Waals surface area contributed by atoms with Gasteiger partial charge in [-0.3, -0.25) is 19.1 Å². The van der Waals surface area contributed by atoms with Crippen LogP contribution < -0.4 is 11.1 Å². The quantitative estimate of drug-likeness (QED) is 0.159. The van der Waals surface area contributed by atoms with Crippen molar-refractivity contribution in [2.75, 3.05) is 26.0 Å². The summed E-state index contributed by atoms with van der Waals surface area (Å²) in [6.07, 6.45) is 11.8. The molecule has 0 bridgehead atoms. The van der Waals surface area contributed by atoms with Gasteiger partial charge in [-0.2, -0.15) is 4.39 Å². The van der Waals surface area contributed by atoms with Gasteiger partial charge in [-0.15, -0.1) is 0 Å². The third-order valence-electron chi connectivity index (χ3n) is 6.20. The fourth-order valence-electron chi connectivity index (χ4n) is 4.29. The number of aromatic nitrogens is 4. The van der Waals surface area contributed by atoms with Crippen molar-refractivity contribution >= 4 is 28.6 Å². The number of hydrogen-bond donors (Lipinski definition) is 2. The Bertz CT molecular complexity index is 1560. The predicted molar refractivity (Wildman–Crippen MR) is 156 cm³/mol. The number of nitrogens with zero attached hydrogens (tertiary/aromatic N) is 5. The molecule has 4 rings (SSSR count). The molecule has 0 spiro atoms. The maximum absolute atomic E-state index is 14.0. The van der Waals surface area contributed by atoms with Crippen LogP contribution in [0.3, 0.4) is 0 Å². The van der Waals surface area contributed by atoms with Gasteiger partial charge in [0.1, 0.15) is 11.7 Å². The summed E-state index contributed by atoms with van der Waals surface area (Å²) in [5, 5.41) is 3.53. The lowest BCUT2D eigenvalue weighted by atomic mass is 10.0. The van der Waals surface area contributed by atoms with Crippen molar-refractivity contribution in [2.45, 2.75) is 33.0 Å². The second kappa shape index (κ2) is 13.2. The van der Waals surface area contributed by atoms with E-state index in [2.05, 4.69) is 20.3 Å². The fourth-order valence-corrected chi connectivity index (χ4v) is 4.29. The molecule has 0 radical (unpaired) electrons. The molecule has 0 aliphatic rings. The standard InChI is InChI=1S/C30H34FN7O3/c1-19(2)10-26(32)30(40)41-18-38-17-25(20-7-8-34-27(31)13-20)24-12-22(15-35-29(24)38)21-11-23(16-33-14-21)36-28(39)6-5-9-37(3)4/h5-8,11-17,19,26H,9-10,18,32H2,1-4H3,(H,36,39). The van der Waals surface area contributed by atoms with Crippen molar-refractivity contribution in [3.8, 4) is 22.3 Å². The zero-order valence-electron chi connectivity index (χ0n) is 23.5. The van der Waals surface area contributed by atoms with Gasteiger partial charge in [0.15, 0.2) is 6.73 Å². The Morgan fingerprint density at radius 1 is 1.12 bits per heavy atom. The van der Waals surface area contributed by atoms with Gasteiger partial charge in [0.25, 0.3) is 0 Å². The molecule has 0 saturated heterocycles. The SMILES string of the molecule is CC(C)CC(N)C(=O)OCn1cc(-c2ccnc(F)c2)c2cc(-c3cncc(NC(=O)C=CCN(C)C)c3)cnc21. The van der Waals surface area contributed by atoms with Crippen LogP contribution in [0.2, 0.25) is 0 Å². The number of amides is 1. The molecule has 10 nitrogen and oxygen atoms in total. The first kappa shape index (κ1) is 29.5. The number of nitrogens with one attached hydrogen (secondary N) is 1. The van der Waals surface area contributed by atoms with Crippen LogP contribution in [0.15, 0.2) is 67.4 Å². The summed E-state index contributed by atoms with van der Waals surface area (Å²) in [7, 11) is 3.84. The number of halogens is 1. The summed E-state index contributed by atoms with van der Waals surface area (Å²) in [4.78, 5) is 39.3. The van der Waals surface area contributed by atoms with E-state index in [4.69, 9.17) is 10.5 Å². The van der Waals surface area contributed by atoms with Crippen molar-refractivity contribution < 1.29 is 18.7 Å². The van der Waals surface area contributed by atoms with Gasteiger partial charge in [0, 0.05) is 65.6 Å². The first-order valence-electron chi connectivity index (χ1n) is 13.2. The van der Waals surface area contributed by atoms with Crippen LogP contribution in [0.1, 0.15) is 20.3 Å². The average Bonchev–Trinajstić information content (AvgIpc) is 3.29. The number of likely N-dealkylation sites (N-methyl/N-ethyl adjacent to an activating group) is 1. The highest BCUT2D eigenvalue weighted by Gasteiger charge is 2.19. The second-order valence-corrected chi connectivity index (χ2v) is 10.4. The highest BCUT2D eigenvalue weighted by molar-refractivity contribution is 6.00. The van der Waals surface area contributed by atoms with Crippen LogP contribution in [-0.4, -0.2) is 63.0 Å². The van der Waals surface area contributed by atoms with Crippen LogP contribution in [0, 0.1) is 11.9 Å². The molecule has 214 valence electrons. The van der Waals surface area contributed by atoms with E-state index in [1.54, 1.807) is 47.6 Å². The van der Waals surface area contributed by atoms with Gasteiger partial charge in [-0.25, -0.2) is 9.97 Å². The largest absolute Gasteiger partial charge is 0.443 e. The lowest BCUT2D eigenvalue weighted by molar-refractivity contribution is -0.149. The van der Waals surface area contributed by atoms with Crippen LogP contribution in [0.4, 0.5) is 10.1 Å². The molecule has 4 aromatic heterocycles. The normalized spacial score (nSPS) is 12.4. The Morgan fingerprint density at radius 2 is 1.90 bits per heavy atom. The van der Waals surface area contributed by atoms with Crippen molar-refractivity contribution in [3.63, 3.8) is 0 Å². The Balaban J connectivity index is 1.65. The number of nitrogens with two attached hydrogens (primary N) is 1. The zero-order chi connectivity index (χ0) is 29.5. The maximum atomic E-state index is 14.0. The molecule has 0 fully saturated rings. The molecule has 0 aliphatic carbocycles. The van der Waals surface area contributed by atoms with Gasteiger partial charge < -0.3 is 20.7 Å². The molecule has 4 aromatic rings. The van der Waals surface area contributed by atoms with Gasteiger partial charge in [0.05, 0.1) is 11.9 Å². The highest BCUT2D eigenvalue weighted by atomic mass is 19.1. The van der Waals surface area contributed by atoms with E-state index in [1.165, 1.54) is 18.3 Å². The number of ether oxygens (including phenoxy) is 1. The van der Waals surface area contributed by atoms with E-state index in [0.29, 0.717) is 40.8 Å². The molecule has 3 N–H and O–H groups in total. The van der Waals surface area contributed by atoms with Crippen LogP contribution >= 0.6 is 0 Å². The molecular formula is C30H34FN7O3. The Morgan fingerprint density at radius 3 is 2.63 bits per heavy atom. The minimum atomic E-state index is -0.728. The number of fused-ring (bicyclic) bond motifs is 1. The number of pyridine rings is 3. The number of rotatable bonds is 11. The minimum absolute atomic E-state index is 0.106. The molecular weight excluding hydrogens is 525 g/mol. The molecule has 1 atom stereocenters. The third kappa shape index (κ3) is 7.80. The lowest BCUT2D eigenvalue weighted by Crippen LogP contribution is -2.33. The Labute approximate surface area is 238 Å². The van der Waals surface area contributed by atoms with Crippen LogP contribution in [0.5, 0.6) is 0 Å². The summed E-state index contributed by atoms with van der Waals surface area (Å²) in [6.45, 7) is 4.50. The van der Waals surface area contributed by atoms with Gasteiger partial charge in [-0.05, 0) is 50.2 Å². The summed E-state index contributed by atoms with van der Waals surface area (Å²) in [6, 6.07) is 6.00. The lowest BCUT2D eigenvalue weighted by Gasteiger charge is -2.14. The molecule has 0 aromatic carbocycles. The number of hydrogen-bond acceptors (Lipinski definition) is 8. The maximum Gasteiger partial charge on any atom is 0.324 e. The first-order chi connectivity index (χ1) is 19.6. The molecule has 11 heteroatoms. The predicted octanol–water partition coefficient (Wildman–Crippen LogP) is 4.23. The van der Waals surface area contributed by atoms with Crippen molar-refractivity contribution in [1.82, 2.24) is 24.4 Å². The molecule has 0 aliphatic heterocycles. The molecule has 4 heterocycles. The fraction of sp³-hybridized carbons (Fsp3) is 0.300. The monoisotopic (exact) mass is 559 g/mol. The van der Waals surface area contributed by atoms with E-state index in [1.807, 2.05) is 38.9 Å². The summed E-state index contributed by atoms with van der Waals surface area (Å²) in [5.41, 5.74) is 9.77. The number of carbonyl (C=O) groups is 2. The van der Waals surface area contributed by atoms with E-state index >= 15 is 0 Å². The van der Waals surface area contributed by atoms with Crippen molar-refractivity contribution in [3.05, 3.63) is 73.3 Å². The summed E-state index contributed by atoms with van der Waals surface area (Å²) >= 11 is 0.